The molecule has 35 heavy (non-hydrogen) atoms. The van der Waals surface area contributed by atoms with E-state index in [0.29, 0.717) is 25.7 Å². The molecule has 0 spiro atoms. The summed E-state index contributed by atoms with van der Waals surface area (Å²) >= 11 is 0. The Balaban J connectivity index is 1.54. The third kappa shape index (κ3) is 3.97. The number of hydrogen-bond acceptors (Lipinski definition) is 8. The van der Waals surface area contributed by atoms with E-state index in [1.54, 1.807) is 6.08 Å². The first kappa shape index (κ1) is 26.0. The van der Waals surface area contributed by atoms with E-state index in [9.17, 15) is 33.0 Å². The minimum atomic E-state index is -4.33. The second-order valence-electron chi connectivity index (χ2n) is 11.2. The fourth-order valence-corrected chi connectivity index (χ4v) is 8.20. The molecule has 3 fully saturated rings. The monoisotopic (exact) mass is 510 g/mol. The largest absolute Gasteiger partial charge is 0.508 e. The Hall–Kier alpha value is -2.04. The van der Waals surface area contributed by atoms with Gasteiger partial charge in [-0.15, -0.1) is 0 Å². The van der Waals surface area contributed by atoms with E-state index in [0.717, 1.165) is 12.0 Å². The van der Waals surface area contributed by atoms with Crippen molar-refractivity contribution in [2.24, 2.45) is 34.5 Å². The fraction of sp³-hybridized carbons (Fsp3) is 0.720. The summed E-state index contributed by atoms with van der Waals surface area (Å²) in [4.78, 5) is 38.2. The molecule has 9 nitrogen and oxygen atoms in total. The summed E-state index contributed by atoms with van der Waals surface area (Å²) in [5, 5.41) is 21.8. The van der Waals surface area contributed by atoms with E-state index in [4.69, 9.17) is 9.29 Å². The van der Waals surface area contributed by atoms with E-state index in [1.165, 1.54) is 6.08 Å². The first-order valence-electron chi connectivity index (χ1n) is 12.2. The predicted octanol–water partition coefficient (Wildman–Crippen LogP) is 2.55. The standard InChI is InChI=1S/C25H34O9S/c1-14-10-19-17-5-4-15-11-16(26)12-20(27)24(15,3)18(17)6-8-23(19,2)25(14,30)21(28)13-34-22(29)7-9-35(31,32)33/h11-12,14,17-19,26,30H,4-10,13H2,1-3H3,(H,31,32,33)/t14-,17-,18+,19+,23+,24+,25+/m1/s1. The molecular weight excluding hydrogens is 476 g/mol. The summed E-state index contributed by atoms with van der Waals surface area (Å²) in [6, 6.07) is 0. The predicted molar refractivity (Wildman–Crippen MR) is 125 cm³/mol. The van der Waals surface area contributed by atoms with Crippen molar-refractivity contribution in [1.82, 2.24) is 0 Å². The van der Waals surface area contributed by atoms with E-state index in [1.807, 2.05) is 20.8 Å². The molecular formula is C25H34O9S. The van der Waals surface area contributed by atoms with Crippen LogP contribution in [0.3, 0.4) is 0 Å². The number of fused-ring (bicyclic) bond motifs is 5. The first-order valence-corrected chi connectivity index (χ1v) is 13.8. The minimum Gasteiger partial charge on any atom is -0.508 e. The van der Waals surface area contributed by atoms with Crippen molar-refractivity contribution < 1.29 is 42.3 Å². The number of carbonyl (C=O) groups excluding carboxylic acids is 3. The van der Waals surface area contributed by atoms with Crippen LogP contribution >= 0.6 is 0 Å². The lowest BCUT2D eigenvalue weighted by Gasteiger charge is -2.57. The fourth-order valence-electron chi connectivity index (χ4n) is 7.77. The van der Waals surface area contributed by atoms with Gasteiger partial charge in [-0.2, -0.15) is 8.42 Å². The number of aliphatic hydroxyl groups excluding tert-OH is 1. The van der Waals surface area contributed by atoms with Gasteiger partial charge in [0.15, 0.2) is 12.4 Å². The Morgan fingerprint density at radius 3 is 2.51 bits per heavy atom. The maximum atomic E-state index is 13.3. The molecule has 0 bridgehead atoms. The number of rotatable bonds is 6. The third-order valence-corrected chi connectivity index (χ3v) is 10.4. The summed E-state index contributed by atoms with van der Waals surface area (Å²) in [7, 11) is -4.33. The highest BCUT2D eigenvalue weighted by Gasteiger charge is 2.69. The van der Waals surface area contributed by atoms with Gasteiger partial charge in [0, 0.05) is 11.5 Å². The van der Waals surface area contributed by atoms with Crippen molar-refractivity contribution in [3.05, 3.63) is 23.5 Å². The normalized spacial score (nSPS) is 40.7. The third-order valence-electron chi connectivity index (χ3n) is 9.64. The van der Waals surface area contributed by atoms with Crippen molar-refractivity contribution >= 4 is 27.7 Å². The van der Waals surface area contributed by atoms with Crippen molar-refractivity contribution in [3.63, 3.8) is 0 Å². The minimum absolute atomic E-state index is 0.00823. The van der Waals surface area contributed by atoms with Crippen LogP contribution in [0.2, 0.25) is 0 Å². The topological polar surface area (TPSA) is 155 Å². The molecule has 4 aliphatic carbocycles. The summed E-state index contributed by atoms with van der Waals surface area (Å²) in [6.45, 7) is 5.01. The molecule has 3 saturated carbocycles. The molecule has 0 saturated heterocycles. The number of ketones is 2. The Bertz CT molecular complexity index is 1120. The van der Waals surface area contributed by atoms with Crippen LogP contribution in [0.4, 0.5) is 0 Å². The van der Waals surface area contributed by atoms with E-state index < -0.39 is 63.0 Å². The van der Waals surface area contributed by atoms with Crippen molar-refractivity contribution in [2.45, 2.75) is 64.9 Å². The smallest absolute Gasteiger partial charge is 0.307 e. The molecule has 0 aromatic carbocycles. The Morgan fingerprint density at radius 1 is 1.17 bits per heavy atom. The summed E-state index contributed by atoms with van der Waals surface area (Å²) < 4.78 is 35.4. The molecule has 10 heteroatoms. The van der Waals surface area contributed by atoms with E-state index >= 15 is 0 Å². The zero-order chi connectivity index (χ0) is 26.0. The zero-order valence-corrected chi connectivity index (χ0v) is 21.1. The maximum Gasteiger partial charge on any atom is 0.307 e. The number of Topliss-reactive ketones (excluding diaryl/α,β-unsaturated/α-hetero) is 1. The summed E-state index contributed by atoms with van der Waals surface area (Å²) in [6.07, 6.45) is 5.65. The molecule has 3 N–H and O–H groups in total. The van der Waals surface area contributed by atoms with E-state index in [-0.39, 0.29) is 29.3 Å². The van der Waals surface area contributed by atoms with Gasteiger partial charge in [-0.1, -0.05) is 19.4 Å². The highest BCUT2D eigenvalue weighted by molar-refractivity contribution is 7.85. The molecule has 0 unspecified atom stereocenters. The lowest BCUT2D eigenvalue weighted by molar-refractivity contribution is -0.175. The van der Waals surface area contributed by atoms with E-state index in [2.05, 4.69) is 0 Å². The Kier molecular flexibility index (Phi) is 6.34. The van der Waals surface area contributed by atoms with Crippen LogP contribution in [-0.4, -0.2) is 58.7 Å². The van der Waals surface area contributed by atoms with Gasteiger partial charge in [0.05, 0.1) is 17.6 Å². The van der Waals surface area contributed by atoms with Crippen molar-refractivity contribution in [1.29, 1.82) is 0 Å². The number of carbonyl (C=O) groups is 3. The molecule has 7 atom stereocenters. The highest BCUT2D eigenvalue weighted by Crippen LogP contribution is 2.68. The molecule has 4 aliphatic rings. The average molecular weight is 511 g/mol. The Labute approximate surface area is 205 Å². The van der Waals surface area contributed by atoms with Crippen LogP contribution < -0.4 is 0 Å². The molecule has 4 rings (SSSR count). The van der Waals surface area contributed by atoms with Gasteiger partial charge in [0.1, 0.15) is 11.4 Å². The number of esters is 1. The second kappa shape index (κ2) is 8.52. The zero-order valence-electron chi connectivity index (χ0n) is 20.3. The van der Waals surface area contributed by atoms with Crippen LogP contribution in [0.1, 0.15) is 59.3 Å². The van der Waals surface area contributed by atoms with Gasteiger partial charge in [0.25, 0.3) is 10.1 Å². The van der Waals surface area contributed by atoms with Gasteiger partial charge in [0.2, 0.25) is 5.78 Å². The number of allylic oxidation sites excluding steroid dienone is 3. The number of ether oxygens (including phenoxy) is 1. The van der Waals surface area contributed by atoms with Crippen LogP contribution in [0.5, 0.6) is 0 Å². The summed E-state index contributed by atoms with van der Waals surface area (Å²) in [5.41, 5.74) is -2.25. The van der Waals surface area contributed by atoms with Crippen LogP contribution in [0.25, 0.3) is 0 Å². The van der Waals surface area contributed by atoms with Crippen molar-refractivity contribution in [2.75, 3.05) is 12.4 Å². The number of aliphatic hydroxyl groups is 2. The van der Waals surface area contributed by atoms with Gasteiger partial charge in [-0.25, -0.2) is 0 Å². The van der Waals surface area contributed by atoms with Crippen molar-refractivity contribution in [3.8, 4) is 0 Å². The molecule has 0 aliphatic heterocycles. The summed E-state index contributed by atoms with van der Waals surface area (Å²) in [5.74, 6) is -2.70. The van der Waals surface area contributed by atoms with Gasteiger partial charge >= 0.3 is 5.97 Å². The van der Waals surface area contributed by atoms with Gasteiger partial charge < -0.3 is 14.9 Å². The molecule has 0 amide bonds. The quantitative estimate of drug-likeness (QED) is 0.361. The van der Waals surface area contributed by atoms with Gasteiger partial charge in [-0.3, -0.25) is 18.9 Å². The maximum absolute atomic E-state index is 13.3. The second-order valence-corrected chi connectivity index (χ2v) is 12.8. The molecule has 0 heterocycles. The Morgan fingerprint density at radius 2 is 1.86 bits per heavy atom. The van der Waals surface area contributed by atoms with Crippen LogP contribution in [-0.2, 0) is 29.2 Å². The molecule has 0 aromatic heterocycles. The lowest BCUT2D eigenvalue weighted by atomic mass is 9.46. The molecule has 194 valence electrons. The lowest BCUT2D eigenvalue weighted by Crippen LogP contribution is -2.60. The average Bonchev–Trinajstić information content (AvgIpc) is 2.98. The van der Waals surface area contributed by atoms with Gasteiger partial charge in [-0.05, 0) is 68.8 Å². The number of hydrogen-bond donors (Lipinski definition) is 3. The molecule has 0 radical (unpaired) electrons. The first-order chi connectivity index (χ1) is 16.1. The SMILES string of the molecule is C[C@@H]1C[C@H]2[C@@H]3CCC4=CC(O)=CC(=O)[C@]4(C)[C@H]3CC[C@]2(C)[C@@]1(O)C(=O)COC(=O)CCS(=O)(=O)O. The highest BCUT2D eigenvalue weighted by atomic mass is 32.2. The molecule has 0 aromatic rings. The van der Waals surface area contributed by atoms with Crippen LogP contribution in [0.15, 0.2) is 23.5 Å². The van der Waals surface area contributed by atoms with Crippen LogP contribution in [0, 0.1) is 34.5 Å².